The summed E-state index contributed by atoms with van der Waals surface area (Å²) in [7, 11) is 0. The number of halogens is 3. The van der Waals surface area contributed by atoms with E-state index in [1.807, 2.05) is 15.8 Å². The van der Waals surface area contributed by atoms with Crippen LogP contribution in [0.3, 0.4) is 0 Å². The Morgan fingerprint density at radius 3 is 2.43 bits per heavy atom. The average Bonchev–Trinajstić information content (AvgIpc) is 3.86. The number of carbonyl (C=O) groups excluding carboxylic acids is 5. The number of ether oxygens (including phenoxy) is 4. The molecule has 0 aliphatic carbocycles. The molecule has 0 saturated carbocycles. The average molecular weight is 910 g/mol. The number of likely N-dealkylation sites (tertiary alicyclic amines) is 1. The number of nitrogens with one attached hydrogen (secondary N) is 2. The number of imide groups is 2. The first-order valence-electron chi connectivity index (χ1n) is 20.6. The highest BCUT2D eigenvalue weighted by molar-refractivity contribution is 6.36. The zero-order valence-electron chi connectivity index (χ0n) is 34.4. The maximum atomic E-state index is 14.1. The monoisotopic (exact) mass is 908 g/mol. The summed E-state index contributed by atoms with van der Waals surface area (Å²) >= 11 is 12.5. The number of pyridine rings is 1. The molecule has 17 nitrogen and oxygen atoms in total. The van der Waals surface area contributed by atoms with Gasteiger partial charge in [0.05, 0.1) is 74.5 Å². The summed E-state index contributed by atoms with van der Waals surface area (Å²) in [4.78, 5) is 70.1. The molecule has 3 aliphatic rings. The van der Waals surface area contributed by atoms with Crippen molar-refractivity contribution >= 4 is 64.2 Å². The number of hydrogen-bond acceptors (Lipinski definition) is 13. The molecule has 20 heteroatoms. The van der Waals surface area contributed by atoms with Gasteiger partial charge in [-0.25, -0.2) is 9.37 Å². The Balaban J connectivity index is 0.746. The van der Waals surface area contributed by atoms with Gasteiger partial charge in [0.2, 0.25) is 17.7 Å². The number of fused-ring (bicyclic) bond motifs is 1. The van der Waals surface area contributed by atoms with Crippen molar-refractivity contribution in [2.75, 3.05) is 70.3 Å². The largest absolute Gasteiger partial charge is 0.482 e. The van der Waals surface area contributed by atoms with E-state index in [0.717, 1.165) is 28.9 Å². The Labute approximate surface area is 372 Å². The predicted molar refractivity (Wildman–Crippen MR) is 229 cm³/mol. The molecule has 0 bridgehead atoms. The van der Waals surface area contributed by atoms with Gasteiger partial charge in [-0.1, -0.05) is 29.3 Å². The molecular weight excluding hydrogens is 862 g/mol. The van der Waals surface area contributed by atoms with Crippen molar-refractivity contribution < 1.29 is 47.3 Å². The zero-order valence-corrected chi connectivity index (χ0v) is 36.0. The van der Waals surface area contributed by atoms with Crippen LogP contribution in [0.2, 0.25) is 10.0 Å². The van der Waals surface area contributed by atoms with Crippen LogP contribution in [0.5, 0.6) is 5.75 Å². The third-order valence-electron chi connectivity index (χ3n) is 11.0. The molecule has 4 aromatic rings. The number of anilines is 2. The van der Waals surface area contributed by atoms with Gasteiger partial charge in [-0.3, -0.25) is 38.9 Å². The fourth-order valence-electron chi connectivity index (χ4n) is 7.72. The van der Waals surface area contributed by atoms with E-state index in [-0.39, 0.29) is 64.8 Å². The number of hydrogen-bond donors (Lipinski definition) is 3. The van der Waals surface area contributed by atoms with Crippen LogP contribution >= 0.6 is 23.2 Å². The summed E-state index contributed by atoms with van der Waals surface area (Å²) in [5, 5.41) is 10.1. The summed E-state index contributed by atoms with van der Waals surface area (Å²) in [6, 6.07) is 8.30. The summed E-state index contributed by atoms with van der Waals surface area (Å²) in [5.74, 6) is -2.37. The van der Waals surface area contributed by atoms with Crippen LogP contribution in [-0.2, 0) is 28.6 Å². The first-order valence-corrected chi connectivity index (χ1v) is 21.4. The first-order chi connectivity index (χ1) is 30.4. The molecule has 2 fully saturated rings. The van der Waals surface area contributed by atoms with Crippen LogP contribution in [0, 0.1) is 5.82 Å². The Morgan fingerprint density at radius 2 is 1.68 bits per heavy atom. The third kappa shape index (κ3) is 10.6. The molecule has 4 N–H and O–H groups in total. The standard InChI is InChI=1S/C43H47Cl2FN8O9/c1-25(37-30(44)5-6-31(46)39(37)45)63-34-21-26(22-49-40(34)47)27-23-50-53(24-27)28-9-13-52(14-10-28)36(56)11-15-60-17-19-62-20-18-61-16-12-48-32-4-2-3-29-38(32)43(59)54(42(29)58)33-7-8-35(55)51-41(33)57/h2-6,21-25,28,33,48H,7-20H2,1H3,(H2,47,49)(H,51,55,57). The van der Waals surface area contributed by atoms with Crippen LogP contribution in [0.25, 0.3) is 11.1 Å². The van der Waals surface area contributed by atoms with Crippen LogP contribution in [0.1, 0.15) is 77.5 Å². The predicted octanol–water partition coefficient (Wildman–Crippen LogP) is 5.23. The van der Waals surface area contributed by atoms with Crippen molar-refractivity contribution in [1.82, 2.24) is 29.9 Å². The maximum absolute atomic E-state index is 14.1. The molecule has 0 radical (unpaired) electrons. The number of benzene rings is 2. The highest BCUT2D eigenvalue weighted by Gasteiger charge is 2.45. The molecule has 334 valence electrons. The lowest BCUT2D eigenvalue weighted by atomic mass is 10.0. The van der Waals surface area contributed by atoms with Gasteiger partial charge in [0, 0.05) is 65.8 Å². The van der Waals surface area contributed by atoms with Gasteiger partial charge in [0.25, 0.3) is 11.8 Å². The molecule has 63 heavy (non-hydrogen) atoms. The smallest absolute Gasteiger partial charge is 0.264 e. The third-order valence-corrected chi connectivity index (χ3v) is 11.7. The number of aromatic nitrogens is 3. The second-order valence-corrected chi connectivity index (χ2v) is 15.9. The van der Waals surface area contributed by atoms with Crippen molar-refractivity contribution in [2.45, 2.75) is 57.2 Å². The Kier molecular flexibility index (Phi) is 14.9. The Bertz CT molecular complexity index is 2360. The van der Waals surface area contributed by atoms with Crippen molar-refractivity contribution in [3.05, 3.63) is 87.5 Å². The zero-order chi connectivity index (χ0) is 44.6. The molecule has 2 saturated heterocycles. The summed E-state index contributed by atoms with van der Waals surface area (Å²) in [5.41, 5.74) is 8.79. The normalized spacial score (nSPS) is 17.2. The molecule has 2 unspecified atom stereocenters. The fourth-order valence-corrected chi connectivity index (χ4v) is 8.40. The minimum absolute atomic E-state index is 0.0242. The summed E-state index contributed by atoms with van der Waals surface area (Å²) < 4.78 is 38.9. The fraction of sp³-hybridized carbons (Fsp3) is 0.419. The van der Waals surface area contributed by atoms with E-state index in [2.05, 4.69) is 20.7 Å². The van der Waals surface area contributed by atoms with E-state index in [4.69, 9.17) is 47.9 Å². The van der Waals surface area contributed by atoms with Gasteiger partial charge in [-0.15, -0.1) is 0 Å². The maximum Gasteiger partial charge on any atom is 0.264 e. The molecule has 7 rings (SSSR count). The second kappa shape index (κ2) is 20.7. The highest BCUT2D eigenvalue weighted by atomic mass is 35.5. The van der Waals surface area contributed by atoms with Crippen LogP contribution < -0.4 is 21.1 Å². The quantitative estimate of drug-likeness (QED) is 0.0627. The molecule has 2 aromatic carbocycles. The van der Waals surface area contributed by atoms with Gasteiger partial charge in [-0.05, 0) is 56.5 Å². The van der Waals surface area contributed by atoms with E-state index in [0.29, 0.717) is 69.7 Å². The van der Waals surface area contributed by atoms with Gasteiger partial charge in [-0.2, -0.15) is 5.10 Å². The summed E-state index contributed by atoms with van der Waals surface area (Å²) in [6.45, 7) is 5.13. The number of carbonyl (C=O) groups is 5. The number of rotatable bonds is 19. The lowest BCUT2D eigenvalue weighted by molar-refractivity contribution is -0.136. The van der Waals surface area contributed by atoms with Crippen molar-refractivity contribution in [3.8, 4) is 16.9 Å². The summed E-state index contributed by atoms with van der Waals surface area (Å²) in [6.07, 6.45) is 6.45. The number of nitrogen functional groups attached to an aromatic ring is 1. The lowest BCUT2D eigenvalue weighted by Gasteiger charge is -2.32. The van der Waals surface area contributed by atoms with Crippen LogP contribution in [0.15, 0.2) is 55.0 Å². The minimum atomic E-state index is -1.03. The second-order valence-electron chi connectivity index (χ2n) is 15.1. The molecule has 2 aromatic heterocycles. The molecule has 3 aliphatic heterocycles. The number of nitrogens with zero attached hydrogens (tertiary/aromatic N) is 5. The Hall–Kier alpha value is -5.66. The molecule has 5 heterocycles. The highest BCUT2D eigenvalue weighted by Crippen LogP contribution is 2.38. The first kappa shape index (κ1) is 45.4. The van der Waals surface area contributed by atoms with E-state index in [1.165, 1.54) is 18.2 Å². The van der Waals surface area contributed by atoms with E-state index >= 15 is 0 Å². The van der Waals surface area contributed by atoms with Crippen LogP contribution in [0.4, 0.5) is 15.9 Å². The number of nitrogens with two attached hydrogens (primary N) is 1. The van der Waals surface area contributed by atoms with Gasteiger partial charge >= 0.3 is 0 Å². The molecular formula is C43H47Cl2FN8O9. The van der Waals surface area contributed by atoms with Gasteiger partial charge < -0.3 is 34.9 Å². The van der Waals surface area contributed by atoms with Crippen molar-refractivity contribution in [2.24, 2.45) is 0 Å². The molecule has 5 amide bonds. The number of piperidine rings is 2. The topological polar surface area (TPSA) is 210 Å². The van der Waals surface area contributed by atoms with E-state index in [1.54, 1.807) is 37.5 Å². The number of amides is 5. The van der Waals surface area contributed by atoms with E-state index in [9.17, 15) is 28.4 Å². The minimum Gasteiger partial charge on any atom is -0.482 e. The molecule has 0 spiro atoms. The van der Waals surface area contributed by atoms with Gasteiger partial charge in [0.15, 0.2) is 11.6 Å². The Morgan fingerprint density at radius 1 is 0.952 bits per heavy atom. The lowest BCUT2D eigenvalue weighted by Crippen LogP contribution is -2.54. The van der Waals surface area contributed by atoms with Crippen LogP contribution in [-0.4, -0.2) is 119 Å². The van der Waals surface area contributed by atoms with E-state index < -0.39 is 41.6 Å². The van der Waals surface area contributed by atoms with Gasteiger partial charge in [0.1, 0.15) is 18.0 Å². The SMILES string of the molecule is CC(Oc1cc(-c2cnn(C3CCN(C(=O)CCOCCOCCOCCNc4cccc5c4C(=O)N(C4CCC(=O)NC4=O)C5=O)CC3)c2)cnc1N)c1c(Cl)ccc(F)c1Cl. The van der Waals surface area contributed by atoms with Crippen molar-refractivity contribution in [1.29, 1.82) is 0 Å². The van der Waals surface area contributed by atoms with Crippen molar-refractivity contribution in [3.63, 3.8) is 0 Å². The molecule has 2 atom stereocenters.